The minimum absolute atomic E-state index is 0.0245. The molecule has 1 N–H and O–H groups in total. The number of hydrogen-bond acceptors (Lipinski definition) is 5. The molecule has 8 heteroatoms. The Morgan fingerprint density at radius 2 is 2.18 bits per heavy atom. The van der Waals surface area contributed by atoms with Crippen molar-refractivity contribution < 1.29 is 4.74 Å². The topological polar surface area (TPSA) is 72.8 Å². The lowest BCUT2D eigenvalue weighted by molar-refractivity contribution is 0.0743. The van der Waals surface area contributed by atoms with Gasteiger partial charge in [0.25, 0.3) is 5.56 Å². The average molecular weight is 421 g/mol. The van der Waals surface area contributed by atoms with Crippen molar-refractivity contribution in [1.82, 2.24) is 19.7 Å². The van der Waals surface area contributed by atoms with E-state index in [0.29, 0.717) is 29.1 Å². The standard InChI is InChI=1S/C20H25ClN4O2S/c1-14(2)27-9-4-8-25-19(26)17-7-6-16(21)11-18(17)24-20(25)28-10-3-5-15-12-22-23-13-15/h6-7,11-14H,3-5,8-10H2,1-2H3,(H,22,23). The molecule has 0 atom stereocenters. The number of fused-ring (bicyclic) bond motifs is 1. The van der Waals surface area contributed by atoms with Crippen molar-refractivity contribution in [3.05, 3.63) is 51.5 Å². The summed E-state index contributed by atoms with van der Waals surface area (Å²) in [5, 5.41) is 8.70. The molecule has 0 aliphatic heterocycles. The maximum Gasteiger partial charge on any atom is 0.262 e. The molecule has 0 bridgehead atoms. The number of rotatable bonds is 10. The highest BCUT2D eigenvalue weighted by Gasteiger charge is 2.12. The summed E-state index contributed by atoms with van der Waals surface area (Å²) in [6.45, 7) is 5.22. The molecule has 1 aromatic carbocycles. The van der Waals surface area contributed by atoms with Crippen LogP contribution >= 0.6 is 23.4 Å². The maximum absolute atomic E-state index is 13.0. The molecule has 0 saturated carbocycles. The van der Waals surface area contributed by atoms with Crippen LogP contribution in [0.1, 0.15) is 32.3 Å². The zero-order chi connectivity index (χ0) is 19.9. The van der Waals surface area contributed by atoms with Crippen molar-refractivity contribution in [3.63, 3.8) is 0 Å². The van der Waals surface area contributed by atoms with Gasteiger partial charge in [0.15, 0.2) is 5.16 Å². The van der Waals surface area contributed by atoms with Crippen LogP contribution in [-0.4, -0.2) is 38.2 Å². The van der Waals surface area contributed by atoms with Crippen LogP contribution in [0.4, 0.5) is 0 Å². The summed E-state index contributed by atoms with van der Waals surface area (Å²) >= 11 is 7.70. The number of nitrogens with zero attached hydrogens (tertiary/aromatic N) is 3. The number of aromatic amines is 1. The third-order valence-corrected chi connectivity index (χ3v) is 5.55. The first-order valence-corrected chi connectivity index (χ1v) is 10.8. The van der Waals surface area contributed by atoms with Gasteiger partial charge in [-0.1, -0.05) is 23.4 Å². The predicted octanol–water partition coefficient (Wildman–Crippen LogP) is 4.31. The van der Waals surface area contributed by atoms with Crippen LogP contribution < -0.4 is 5.56 Å². The Bertz CT molecular complexity index is 957. The van der Waals surface area contributed by atoms with Gasteiger partial charge in [-0.05, 0) is 56.9 Å². The Kier molecular flexibility index (Phi) is 7.53. The molecule has 0 aliphatic carbocycles. The summed E-state index contributed by atoms with van der Waals surface area (Å²) in [6.07, 6.45) is 6.61. The lowest BCUT2D eigenvalue weighted by atomic mass is 10.2. The quantitative estimate of drug-likeness (QED) is 0.300. The first-order chi connectivity index (χ1) is 13.5. The fourth-order valence-electron chi connectivity index (χ4n) is 2.88. The van der Waals surface area contributed by atoms with Crippen LogP contribution in [0, 0.1) is 0 Å². The van der Waals surface area contributed by atoms with E-state index < -0.39 is 0 Å². The van der Waals surface area contributed by atoms with Gasteiger partial charge in [-0.2, -0.15) is 5.10 Å². The molecule has 150 valence electrons. The second-order valence-electron chi connectivity index (χ2n) is 6.84. The van der Waals surface area contributed by atoms with Crippen molar-refractivity contribution in [2.75, 3.05) is 12.4 Å². The van der Waals surface area contributed by atoms with Crippen molar-refractivity contribution in [3.8, 4) is 0 Å². The van der Waals surface area contributed by atoms with Crippen LogP contribution in [0.15, 0.2) is 40.5 Å². The third kappa shape index (κ3) is 5.59. The molecular formula is C20H25ClN4O2S. The Balaban J connectivity index is 1.76. The molecule has 28 heavy (non-hydrogen) atoms. The van der Waals surface area contributed by atoms with E-state index in [2.05, 4.69) is 10.2 Å². The molecule has 0 saturated heterocycles. The molecule has 6 nitrogen and oxygen atoms in total. The zero-order valence-corrected chi connectivity index (χ0v) is 17.7. The van der Waals surface area contributed by atoms with E-state index in [9.17, 15) is 4.79 Å². The average Bonchev–Trinajstić information content (AvgIpc) is 3.17. The van der Waals surface area contributed by atoms with Crippen molar-refractivity contribution >= 4 is 34.3 Å². The van der Waals surface area contributed by atoms with Gasteiger partial charge in [0, 0.05) is 30.1 Å². The van der Waals surface area contributed by atoms with Gasteiger partial charge in [0.05, 0.1) is 23.2 Å². The number of hydrogen-bond donors (Lipinski definition) is 1. The smallest absolute Gasteiger partial charge is 0.262 e. The molecule has 3 rings (SSSR count). The zero-order valence-electron chi connectivity index (χ0n) is 16.2. The van der Waals surface area contributed by atoms with E-state index in [4.69, 9.17) is 21.3 Å². The summed E-state index contributed by atoms with van der Waals surface area (Å²) in [6, 6.07) is 5.23. The number of halogens is 1. The van der Waals surface area contributed by atoms with Crippen LogP contribution in [0.3, 0.4) is 0 Å². The Labute approximate surface area is 173 Å². The summed E-state index contributed by atoms with van der Waals surface area (Å²) in [7, 11) is 0. The molecule has 0 radical (unpaired) electrons. The van der Waals surface area contributed by atoms with E-state index in [0.717, 1.165) is 30.2 Å². The van der Waals surface area contributed by atoms with Crippen LogP contribution in [0.5, 0.6) is 0 Å². The Morgan fingerprint density at radius 1 is 1.32 bits per heavy atom. The van der Waals surface area contributed by atoms with Crippen molar-refractivity contribution in [2.24, 2.45) is 0 Å². The second kappa shape index (κ2) is 10.1. The summed E-state index contributed by atoms with van der Waals surface area (Å²) < 4.78 is 7.38. The summed E-state index contributed by atoms with van der Waals surface area (Å²) in [5.41, 5.74) is 1.80. The molecular weight excluding hydrogens is 396 g/mol. The number of thioether (sulfide) groups is 1. The number of aryl methyl sites for hydroxylation is 1. The number of ether oxygens (including phenoxy) is 1. The van der Waals surface area contributed by atoms with E-state index >= 15 is 0 Å². The second-order valence-corrected chi connectivity index (χ2v) is 8.34. The van der Waals surface area contributed by atoms with Crippen molar-refractivity contribution in [2.45, 2.75) is 50.9 Å². The highest BCUT2D eigenvalue weighted by molar-refractivity contribution is 7.99. The predicted molar refractivity (Wildman–Crippen MR) is 114 cm³/mol. The number of aromatic nitrogens is 4. The Morgan fingerprint density at radius 3 is 2.93 bits per heavy atom. The molecule has 2 heterocycles. The molecule has 0 fully saturated rings. The SMILES string of the molecule is CC(C)OCCCn1c(SCCCc2cn[nH]c2)nc2cc(Cl)ccc2c1=O. The van der Waals surface area contributed by atoms with E-state index in [1.165, 1.54) is 5.56 Å². The molecule has 0 aliphatic rings. The lowest BCUT2D eigenvalue weighted by Crippen LogP contribution is -2.24. The van der Waals surface area contributed by atoms with Gasteiger partial charge in [-0.3, -0.25) is 14.5 Å². The van der Waals surface area contributed by atoms with Crippen LogP contribution in [0.25, 0.3) is 10.9 Å². The van der Waals surface area contributed by atoms with Gasteiger partial charge in [0.2, 0.25) is 0 Å². The fourth-order valence-corrected chi connectivity index (χ4v) is 4.01. The highest BCUT2D eigenvalue weighted by atomic mass is 35.5. The molecule has 0 unspecified atom stereocenters. The van der Waals surface area contributed by atoms with E-state index in [-0.39, 0.29) is 11.7 Å². The lowest BCUT2D eigenvalue weighted by Gasteiger charge is -2.14. The first kappa shape index (κ1) is 20.9. The fraction of sp³-hybridized carbons (Fsp3) is 0.450. The number of nitrogens with one attached hydrogen (secondary N) is 1. The highest BCUT2D eigenvalue weighted by Crippen LogP contribution is 2.21. The largest absolute Gasteiger partial charge is 0.379 e. The normalized spacial score (nSPS) is 11.6. The monoisotopic (exact) mass is 420 g/mol. The summed E-state index contributed by atoms with van der Waals surface area (Å²) in [5.74, 6) is 0.867. The van der Waals surface area contributed by atoms with Crippen LogP contribution in [0.2, 0.25) is 5.02 Å². The van der Waals surface area contributed by atoms with Gasteiger partial charge >= 0.3 is 0 Å². The molecule has 3 aromatic rings. The summed E-state index contributed by atoms with van der Waals surface area (Å²) in [4.78, 5) is 17.7. The molecule has 2 aromatic heterocycles. The minimum Gasteiger partial charge on any atom is -0.379 e. The van der Waals surface area contributed by atoms with E-state index in [1.54, 1.807) is 34.5 Å². The van der Waals surface area contributed by atoms with Crippen molar-refractivity contribution in [1.29, 1.82) is 0 Å². The third-order valence-electron chi connectivity index (χ3n) is 4.26. The maximum atomic E-state index is 13.0. The van der Waals surface area contributed by atoms with Gasteiger partial charge in [0.1, 0.15) is 0 Å². The van der Waals surface area contributed by atoms with Gasteiger partial charge < -0.3 is 4.74 Å². The van der Waals surface area contributed by atoms with Crippen LogP contribution in [-0.2, 0) is 17.7 Å². The number of benzene rings is 1. The van der Waals surface area contributed by atoms with E-state index in [1.807, 2.05) is 26.2 Å². The van der Waals surface area contributed by atoms with Gasteiger partial charge in [-0.25, -0.2) is 4.98 Å². The number of H-pyrrole nitrogens is 1. The Hall–Kier alpha value is -1.83. The minimum atomic E-state index is -0.0245. The van der Waals surface area contributed by atoms with Gasteiger partial charge in [-0.15, -0.1) is 0 Å². The molecule has 0 spiro atoms. The molecule has 0 amide bonds. The first-order valence-electron chi connectivity index (χ1n) is 9.47.